The maximum absolute atomic E-state index is 12.1. The summed E-state index contributed by atoms with van der Waals surface area (Å²) < 4.78 is 0.764. The monoisotopic (exact) mass is 297 g/mol. The van der Waals surface area contributed by atoms with Gasteiger partial charge in [0.25, 0.3) is 5.91 Å². The fourth-order valence-corrected chi connectivity index (χ4v) is 2.52. The third-order valence-electron chi connectivity index (χ3n) is 3.57. The van der Waals surface area contributed by atoms with E-state index in [1.54, 1.807) is 12.1 Å². The lowest BCUT2D eigenvalue weighted by Gasteiger charge is -2.42. The summed E-state index contributed by atoms with van der Waals surface area (Å²) in [6.07, 6.45) is 4.18. The van der Waals surface area contributed by atoms with Gasteiger partial charge in [-0.1, -0.05) is 22.9 Å². The van der Waals surface area contributed by atoms with Gasteiger partial charge in [0.15, 0.2) is 0 Å². The normalized spacial score (nSPS) is 17.3. The first-order chi connectivity index (χ1) is 8.06. The zero-order valence-electron chi connectivity index (χ0n) is 9.79. The van der Waals surface area contributed by atoms with Gasteiger partial charge in [-0.25, -0.2) is 0 Å². The molecule has 2 N–H and O–H groups in total. The number of hydrogen-bond acceptors (Lipinski definition) is 2. The van der Waals surface area contributed by atoms with Crippen LogP contribution in [0.5, 0.6) is 5.75 Å². The molecular formula is C13H16BrNO2. The predicted octanol–water partition coefficient (Wildman–Crippen LogP) is 3.22. The number of amides is 1. The lowest BCUT2D eigenvalue weighted by molar-refractivity contribution is 0.0818. The Kier molecular flexibility index (Phi) is 3.43. The Morgan fingerprint density at radius 2 is 2.24 bits per heavy atom. The summed E-state index contributed by atoms with van der Waals surface area (Å²) in [6, 6.07) is 4.93. The highest BCUT2D eigenvalue weighted by atomic mass is 79.9. The second-order valence-corrected chi connectivity index (χ2v) is 5.52. The minimum atomic E-state index is -0.184. The molecule has 1 aromatic carbocycles. The summed E-state index contributed by atoms with van der Waals surface area (Å²) in [5, 5.41) is 12.8. The number of phenols is 1. The minimum Gasteiger partial charge on any atom is -0.507 e. The van der Waals surface area contributed by atoms with Crippen molar-refractivity contribution >= 4 is 21.8 Å². The molecule has 0 unspecified atom stereocenters. The second-order valence-electron chi connectivity index (χ2n) is 4.60. The number of halogens is 1. The first kappa shape index (κ1) is 12.4. The molecule has 1 fully saturated rings. The van der Waals surface area contributed by atoms with E-state index in [0.29, 0.717) is 5.56 Å². The van der Waals surface area contributed by atoms with Crippen LogP contribution in [0.15, 0.2) is 22.7 Å². The standard InChI is InChI=1S/C13H16BrNO2/c1-2-13(6-3-7-13)15-12(17)10-5-4-9(14)8-11(10)16/h4-5,8,16H,2-3,6-7H2,1H3,(H,15,17). The number of hydrogen-bond donors (Lipinski definition) is 2. The van der Waals surface area contributed by atoms with Crippen LogP contribution in [-0.2, 0) is 0 Å². The minimum absolute atomic E-state index is 0.0162. The summed E-state index contributed by atoms with van der Waals surface area (Å²) in [5.41, 5.74) is 0.296. The van der Waals surface area contributed by atoms with E-state index >= 15 is 0 Å². The van der Waals surface area contributed by atoms with Crippen molar-refractivity contribution in [1.29, 1.82) is 0 Å². The average Bonchev–Trinajstić information content (AvgIpc) is 2.23. The van der Waals surface area contributed by atoms with E-state index in [2.05, 4.69) is 28.2 Å². The molecule has 0 bridgehead atoms. The van der Waals surface area contributed by atoms with Crippen molar-refractivity contribution in [3.05, 3.63) is 28.2 Å². The molecule has 1 aromatic rings. The van der Waals surface area contributed by atoms with Crippen molar-refractivity contribution < 1.29 is 9.90 Å². The topological polar surface area (TPSA) is 49.3 Å². The van der Waals surface area contributed by atoms with Crippen LogP contribution in [0.2, 0.25) is 0 Å². The third kappa shape index (κ3) is 2.46. The molecule has 4 heteroatoms. The molecule has 1 saturated carbocycles. The first-order valence-corrected chi connectivity index (χ1v) is 6.67. The molecule has 3 nitrogen and oxygen atoms in total. The van der Waals surface area contributed by atoms with Crippen molar-refractivity contribution in [2.24, 2.45) is 0 Å². The molecule has 0 aromatic heterocycles. The summed E-state index contributed by atoms with van der Waals surface area (Å²) in [7, 11) is 0. The summed E-state index contributed by atoms with van der Waals surface area (Å²) in [6.45, 7) is 2.08. The van der Waals surface area contributed by atoms with E-state index < -0.39 is 0 Å². The molecule has 17 heavy (non-hydrogen) atoms. The van der Waals surface area contributed by atoms with E-state index in [1.807, 2.05) is 0 Å². The lowest BCUT2D eigenvalue weighted by Crippen LogP contribution is -2.52. The van der Waals surface area contributed by atoms with Crippen molar-refractivity contribution in [3.8, 4) is 5.75 Å². The molecule has 0 saturated heterocycles. The number of carbonyl (C=O) groups is 1. The van der Waals surface area contributed by atoms with Crippen LogP contribution in [0, 0.1) is 0 Å². The molecule has 1 amide bonds. The molecule has 0 atom stereocenters. The molecule has 2 rings (SSSR count). The second kappa shape index (κ2) is 4.69. The summed E-state index contributed by atoms with van der Waals surface area (Å²) in [5.74, 6) is -0.168. The highest BCUT2D eigenvalue weighted by molar-refractivity contribution is 9.10. The van der Waals surface area contributed by atoms with Gasteiger partial charge in [-0.05, 0) is 43.9 Å². The average molecular weight is 298 g/mol. The fraction of sp³-hybridized carbons (Fsp3) is 0.462. The summed E-state index contributed by atoms with van der Waals surface area (Å²) >= 11 is 3.25. The van der Waals surface area contributed by atoms with E-state index in [9.17, 15) is 9.90 Å². The number of carbonyl (C=O) groups excluding carboxylic acids is 1. The van der Waals surface area contributed by atoms with Crippen molar-refractivity contribution in [2.45, 2.75) is 38.1 Å². The highest BCUT2D eigenvalue weighted by Crippen LogP contribution is 2.35. The molecule has 0 radical (unpaired) electrons. The van der Waals surface area contributed by atoms with Crippen LogP contribution in [-0.4, -0.2) is 16.6 Å². The molecule has 0 heterocycles. The van der Waals surface area contributed by atoms with Crippen LogP contribution in [0.25, 0.3) is 0 Å². The van der Waals surface area contributed by atoms with Crippen LogP contribution in [0.4, 0.5) is 0 Å². The van der Waals surface area contributed by atoms with Crippen molar-refractivity contribution in [3.63, 3.8) is 0 Å². The largest absolute Gasteiger partial charge is 0.507 e. The predicted molar refractivity (Wildman–Crippen MR) is 70.1 cm³/mol. The quantitative estimate of drug-likeness (QED) is 0.900. The SMILES string of the molecule is CCC1(NC(=O)c2ccc(Br)cc2O)CCC1. The molecule has 0 aliphatic heterocycles. The van der Waals surface area contributed by atoms with Gasteiger partial charge in [0.1, 0.15) is 5.75 Å². The van der Waals surface area contributed by atoms with E-state index in [-0.39, 0.29) is 17.2 Å². The maximum Gasteiger partial charge on any atom is 0.255 e. The number of aromatic hydroxyl groups is 1. The zero-order valence-corrected chi connectivity index (χ0v) is 11.4. The van der Waals surface area contributed by atoms with Gasteiger partial charge >= 0.3 is 0 Å². The number of benzene rings is 1. The van der Waals surface area contributed by atoms with Gasteiger partial charge in [-0.3, -0.25) is 4.79 Å². The maximum atomic E-state index is 12.1. The van der Waals surface area contributed by atoms with E-state index in [0.717, 1.165) is 23.7 Å². The Bertz CT molecular complexity index is 436. The first-order valence-electron chi connectivity index (χ1n) is 5.87. The van der Waals surface area contributed by atoms with Gasteiger partial charge in [-0.2, -0.15) is 0 Å². The van der Waals surface area contributed by atoms with Crippen molar-refractivity contribution in [1.82, 2.24) is 5.32 Å². The van der Waals surface area contributed by atoms with Gasteiger partial charge < -0.3 is 10.4 Å². The molecule has 0 spiro atoms. The van der Waals surface area contributed by atoms with E-state index in [1.165, 1.54) is 12.5 Å². The zero-order chi connectivity index (χ0) is 12.5. The van der Waals surface area contributed by atoms with Crippen LogP contribution < -0.4 is 5.32 Å². The van der Waals surface area contributed by atoms with Gasteiger partial charge in [0, 0.05) is 10.0 Å². The molecule has 1 aliphatic carbocycles. The molecular weight excluding hydrogens is 282 g/mol. The molecule has 92 valence electrons. The van der Waals surface area contributed by atoms with Crippen LogP contribution >= 0.6 is 15.9 Å². The third-order valence-corrected chi connectivity index (χ3v) is 4.06. The lowest BCUT2D eigenvalue weighted by atomic mass is 9.74. The smallest absolute Gasteiger partial charge is 0.255 e. The number of phenolic OH excluding ortho intramolecular Hbond substituents is 1. The Balaban J connectivity index is 2.14. The number of rotatable bonds is 3. The molecule has 1 aliphatic rings. The van der Waals surface area contributed by atoms with Crippen molar-refractivity contribution in [2.75, 3.05) is 0 Å². The Morgan fingerprint density at radius 1 is 1.53 bits per heavy atom. The van der Waals surface area contributed by atoms with Gasteiger partial charge in [0.05, 0.1) is 5.56 Å². The fourth-order valence-electron chi connectivity index (χ4n) is 2.18. The highest BCUT2D eigenvalue weighted by Gasteiger charge is 2.36. The van der Waals surface area contributed by atoms with Crippen LogP contribution in [0.1, 0.15) is 43.0 Å². The Morgan fingerprint density at radius 3 is 2.71 bits per heavy atom. The van der Waals surface area contributed by atoms with Gasteiger partial charge in [0.2, 0.25) is 0 Å². The Labute approximate surface area is 109 Å². The Hall–Kier alpha value is -1.03. The van der Waals surface area contributed by atoms with Gasteiger partial charge in [-0.15, -0.1) is 0 Å². The summed E-state index contributed by atoms with van der Waals surface area (Å²) in [4.78, 5) is 12.1. The van der Waals surface area contributed by atoms with Crippen LogP contribution in [0.3, 0.4) is 0 Å². The van der Waals surface area contributed by atoms with E-state index in [4.69, 9.17) is 0 Å². The number of nitrogens with one attached hydrogen (secondary N) is 1.